The van der Waals surface area contributed by atoms with Crippen LogP contribution in [0, 0.1) is 5.82 Å². The maximum Gasteiger partial charge on any atom is 0.326 e. The molecule has 0 bridgehead atoms. The summed E-state index contributed by atoms with van der Waals surface area (Å²) in [5, 5.41) is -0.733. The maximum absolute atomic E-state index is 13.8. The number of carbonyl (C=O) groups is 3. The van der Waals surface area contributed by atoms with Gasteiger partial charge in [0.05, 0.1) is 17.7 Å². The molecule has 11 heteroatoms. The predicted octanol–water partition coefficient (Wildman–Crippen LogP) is 4.44. The standard InChI is InChI=1S/C20H17ClFN3O5S/c1-2-3-7-29-16(26)11-25-18(27)15(31-20(25)28)9-12-5-4-6-13(8-12)30-17-14(22)10-23-19(21)24-17/h4-6,8-10H,2-3,7,11H2,1H3/b15-9+. The Kier molecular flexibility index (Phi) is 7.59. The molecular weight excluding hydrogens is 449 g/mol. The molecule has 1 saturated heterocycles. The van der Waals surface area contributed by atoms with Crippen molar-refractivity contribution in [2.45, 2.75) is 19.8 Å². The first kappa shape index (κ1) is 22.7. The Hall–Kier alpha value is -2.98. The van der Waals surface area contributed by atoms with Gasteiger partial charge in [-0.3, -0.25) is 19.3 Å². The first-order valence-electron chi connectivity index (χ1n) is 9.24. The number of imide groups is 1. The summed E-state index contributed by atoms with van der Waals surface area (Å²) in [6.07, 6.45) is 3.93. The van der Waals surface area contributed by atoms with Gasteiger partial charge in [0, 0.05) is 0 Å². The van der Waals surface area contributed by atoms with Crippen LogP contribution in [0.15, 0.2) is 35.4 Å². The minimum Gasteiger partial charge on any atom is -0.464 e. The second-order valence-corrected chi connectivity index (χ2v) is 7.64. The molecule has 2 amide bonds. The molecule has 1 aromatic heterocycles. The number of unbranched alkanes of at least 4 members (excludes halogenated alkanes) is 1. The van der Waals surface area contributed by atoms with Gasteiger partial charge in [0.25, 0.3) is 17.0 Å². The van der Waals surface area contributed by atoms with Crippen LogP contribution in [0.4, 0.5) is 9.18 Å². The minimum absolute atomic E-state index is 0.139. The van der Waals surface area contributed by atoms with Crippen molar-refractivity contribution >= 4 is 46.6 Å². The number of halogens is 2. The van der Waals surface area contributed by atoms with E-state index in [9.17, 15) is 18.8 Å². The molecular formula is C20H17ClFN3O5S. The predicted molar refractivity (Wildman–Crippen MR) is 112 cm³/mol. The van der Waals surface area contributed by atoms with E-state index in [-0.39, 0.29) is 28.4 Å². The number of ether oxygens (including phenoxy) is 2. The fraction of sp³-hybridized carbons (Fsp3) is 0.250. The molecule has 0 aliphatic carbocycles. The number of rotatable bonds is 8. The molecule has 0 N–H and O–H groups in total. The molecule has 2 aromatic rings. The number of amides is 2. The summed E-state index contributed by atoms with van der Waals surface area (Å²) < 4.78 is 24.2. The normalized spacial score (nSPS) is 14.9. The van der Waals surface area contributed by atoms with Gasteiger partial charge in [-0.1, -0.05) is 25.5 Å². The highest BCUT2D eigenvalue weighted by molar-refractivity contribution is 8.18. The van der Waals surface area contributed by atoms with Crippen LogP contribution in [-0.4, -0.2) is 45.1 Å². The van der Waals surface area contributed by atoms with Crippen molar-refractivity contribution in [2.24, 2.45) is 0 Å². The Balaban J connectivity index is 1.71. The summed E-state index contributed by atoms with van der Waals surface area (Å²) in [6, 6.07) is 6.38. The SMILES string of the molecule is CCCCOC(=O)CN1C(=O)S/C(=C/c2cccc(Oc3nc(Cl)ncc3F)c2)C1=O. The zero-order valence-electron chi connectivity index (χ0n) is 16.3. The van der Waals surface area contributed by atoms with Crippen molar-refractivity contribution in [3.63, 3.8) is 0 Å². The molecule has 162 valence electrons. The van der Waals surface area contributed by atoms with Crippen LogP contribution in [-0.2, 0) is 14.3 Å². The van der Waals surface area contributed by atoms with E-state index in [1.807, 2.05) is 6.92 Å². The average Bonchev–Trinajstić information content (AvgIpc) is 2.98. The zero-order chi connectivity index (χ0) is 22.4. The van der Waals surface area contributed by atoms with Gasteiger partial charge in [0.2, 0.25) is 11.1 Å². The van der Waals surface area contributed by atoms with Gasteiger partial charge in [-0.15, -0.1) is 0 Å². The smallest absolute Gasteiger partial charge is 0.326 e. The highest BCUT2D eigenvalue weighted by Gasteiger charge is 2.36. The number of aromatic nitrogens is 2. The Bertz CT molecular complexity index is 1050. The molecule has 2 heterocycles. The van der Waals surface area contributed by atoms with Crippen LogP contribution in [0.2, 0.25) is 5.28 Å². The highest BCUT2D eigenvalue weighted by atomic mass is 35.5. The summed E-state index contributed by atoms with van der Waals surface area (Å²) >= 11 is 6.37. The maximum atomic E-state index is 13.8. The van der Waals surface area contributed by atoms with Gasteiger partial charge in [0.1, 0.15) is 12.3 Å². The number of thioether (sulfide) groups is 1. The van der Waals surface area contributed by atoms with Crippen LogP contribution < -0.4 is 4.74 Å². The molecule has 1 aliphatic heterocycles. The van der Waals surface area contributed by atoms with Crippen molar-refractivity contribution in [1.82, 2.24) is 14.9 Å². The summed E-state index contributed by atoms with van der Waals surface area (Å²) in [4.78, 5) is 44.7. The van der Waals surface area contributed by atoms with Crippen LogP contribution in [0.5, 0.6) is 11.6 Å². The van der Waals surface area contributed by atoms with Crippen LogP contribution in [0.1, 0.15) is 25.3 Å². The lowest BCUT2D eigenvalue weighted by Gasteiger charge is -2.11. The molecule has 31 heavy (non-hydrogen) atoms. The first-order chi connectivity index (χ1) is 14.9. The molecule has 1 aromatic carbocycles. The topological polar surface area (TPSA) is 98.7 Å². The van der Waals surface area contributed by atoms with E-state index in [2.05, 4.69) is 9.97 Å². The Labute approximate surface area is 186 Å². The monoisotopic (exact) mass is 465 g/mol. The van der Waals surface area contributed by atoms with E-state index >= 15 is 0 Å². The lowest BCUT2D eigenvalue weighted by atomic mass is 10.2. The average molecular weight is 466 g/mol. The van der Waals surface area contributed by atoms with Gasteiger partial charge in [-0.25, -0.2) is 4.98 Å². The quantitative estimate of drug-likeness (QED) is 0.244. The van der Waals surface area contributed by atoms with Gasteiger partial charge >= 0.3 is 5.97 Å². The minimum atomic E-state index is -0.790. The van der Waals surface area contributed by atoms with Crippen molar-refractivity contribution in [2.75, 3.05) is 13.2 Å². The Morgan fingerprint density at radius 1 is 1.35 bits per heavy atom. The second kappa shape index (κ2) is 10.4. The first-order valence-corrected chi connectivity index (χ1v) is 10.4. The van der Waals surface area contributed by atoms with Crippen LogP contribution >= 0.6 is 23.4 Å². The summed E-state index contributed by atoms with van der Waals surface area (Å²) in [7, 11) is 0. The van der Waals surface area contributed by atoms with Gasteiger partial charge in [-0.2, -0.15) is 9.37 Å². The van der Waals surface area contributed by atoms with Crippen LogP contribution in [0.25, 0.3) is 6.08 Å². The molecule has 0 atom stereocenters. The highest BCUT2D eigenvalue weighted by Crippen LogP contribution is 2.33. The number of hydrogen-bond acceptors (Lipinski definition) is 8. The molecule has 0 saturated carbocycles. The van der Waals surface area contributed by atoms with E-state index in [0.29, 0.717) is 23.7 Å². The lowest BCUT2D eigenvalue weighted by Crippen LogP contribution is -2.34. The fourth-order valence-electron chi connectivity index (χ4n) is 2.47. The van der Waals surface area contributed by atoms with E-state index in [0.717, 1.165) is 17.5 Å². The van der Waals surface area contributed by atoms with Gasteiger partial charge in [-0.05, 0) is 53.6 Å². The number of esters is 1. The van der Waals surface area contributed by atoms with E-state index < -0.39 is 29.5 Å². The molecule has 3 rings (SSSR count). The number of nitrogens with zero attached hydrogens (tertiary/aromatic N) is 3. The number of hydrogen-bond donors (Lipinski definition) is 0. The van der Waals surface area contributed by atoms with Crippen molar-refractivity contribution in [1.29, 1.82) is 0 Å². The van der Waals surface area contributed by atoms with E-state index in [4.69, 9.17) is 21.1 Å². The molecule has 8 nitrogen and oxygen atoms in total. The third kappa shape index (κ3) is 6.02. The van der Waals surface area contributed by atoms with Crippen molar-refractivity contribution < 1.29 is 28.2 Å². The molecule has 0 unspecified atom stereocenters. The third-order valence-corrected chi connectivity index (χ3v) is 5.06. The molecule has 1 fully saturated rings. The Morgan fingerprint density at radius 2 is 2.16 bits per heavy atom. The summed E-state index contributed by atoms with van der Waals surface area (Å²) in [5.41, 5.74) is 0.522. The molecule has 0 spiro atoms. The van der Waals surface area contributed by atoms with E-state index in [1.165, 1.54) is 12.1 Å². The largest absolute Gasteiger partial charge is 0.464 e. The van der Waals surface area contributed by atoms with Gasteiger partial charge in [0.15, 0.2) is 0 Å². The third-order valence-electron chi connectivity index (χ3n) is 3.97. The fourth-order valence-corrected chi connectivity index (χ4v) is 3.44. The second-order valence-electron chi connectivity index (χ2n) is 6.31. The van der Waals surface area contributed by atoms with E-state index in [1.54, 1.807) is 18.2 Å². The Morgan fingerprint density at radius 3 is 2.94 bits per heavy atom. The number of benzene rings is 1. The van der Waals surface area contributed by atoms with Gasteiger partial charge < -0.3 is 9.47 Å². The van der Waals surface area contributed by atoms with Crippen molar-refractivity contribution in [3.8, 4) is 11.6 Å². The van der Waals surface area contributed by atoms with Crippen molar-refractivity contribution in [3.05, 3.63) is 52.0 Å². The summed E-state index contributed by atoms with van der Waals surface area (Å²) in [6.45, 7) is 1.75. The number of carbonyl (C=O) groups excluding carboxylic acids is 3. The lowest BCUT2D eigenvalue weighted by molar-refractivity contribution is -0.146. The molecule has 1 aliphatic rings. The molecule has 0 radical (unpaired) electrons. The van der Waals surface area contributed by atoms with Crippen LogP contribution in [0.3, 0.4) is 0 Å². The zero-order valence-corrected chi connectivity index (χ0v) is 17.9. The summed E-state index contributed by atoms with van der Waals surface area (Å²) in [5.74, 6) is -2.14.